The van der Waals surface area contributed by atoms with E-state index in [1.165, 1.54) is 0 Å². The fourth-order valence-electron chi connectivity index (χ4n) is 1.95. The molecule has 0 aliphatic carbocycles. The molecular formula is C12H22N2O5. The molecule has 1 saturated heterocycles. The lowest BCUT2D eigenvalue weighted by Gasteiger charge is -2.21. The second-order valence-electron chi connectivity index (χ2n) is 4.59. The number of carboxylic acid groups (broad SMARTS) is 1. The van der Waals surface area contributed by atoms with Crippen LogP contribution in [0, 0.1) is 0 Å². The van der Waals surface area contributed by atoms with E-state index in [9.17, 15) is 14.7 Å². The van der Waals surface area contributed by atoms with Crippen molar-refractivity contribution in [2.45, 2.75) is 38.3 Å². The second-order valence-corrected chi connectivity index (χ2v) is 4.59. The summed E-state index contributed by atoms with van der Waals surface area (Å²) >= 11 is 0. The summed E-state index contributed by atoms with van der Waals surface area (Å²) in [4.78, 5) is 23.9. The number of nitrogens with one attached hydrogen (secondary N) is 1. The molecule has 1 rings (SSSR count). The number of β-amino-alcohol motifs (C(OH)–C–C–N with tert-alkyl or cyclic N) is 1. The maximum absolute atomic E-state index is 11.8. The van der Waals surface area contributed by atoms with Gasteiger partial charge in [-0.15, -0.1) is 0 Å². The number of nitrogens with zero attached hydrogens (tertiary/aromatic N) is 1. The predicted octanol–water partition coefficient (Wildman–Crippen LogP) is 0.0325. The summed E-state index contributed by atoms with van der Waals surface area (Å²) in [6.07, 6.45) is 1.34. The first-order chi connectivity index (χ1) is 9.06. The minimum Gasteiger partial charge on any atom is -0.480 e. The Balaban J connectivity index is 2.26. The zero-order valence-electron chi connectivity index (χ0n) is 11.2. The summed E-state index contributed by atoms with van der Waals surface area (Å²) in [5, 5.41) is 21.0. The number of likely N-dealkylation sites (tertiary alicyclic amines) is 1. The number of hydrogen-bond donors (Lipinski definition) is 3. The number of unbranched alkanes of at least 4 members (excludes halogenated alkanes) is 1. The highest BCUT2D eigenvalue weighted by Gasteiger charge is 2.38. The minimum absolute atomic E-state index is 0.0551. The van der Waals surface area contributed by atoms with E-state index in [-0.39, 0.29) is 13.0 Å². The van der Waals surface area contributed by atoms with Crippen LogP contribution in [0.25, 0.3) is 0 Å². The Morgan fingerprint density at radius 3 is 2.79 bits per heavy atom. The van der Waals surface area contributed by atoms with E-state index < -0.39 is 24.1 Å². The normalized spacial score (nSPS) is 22.5. The number of urea groups is 1. The average molecular weight is 274 g/mol. The van der Waals surface area contributed by atoms with Gasteiger partial charge >= 0.3 is 12.0 Å². The number of carbonyl (C=O) groups excluding carboxylic acids is 1. The van der Waals surface area contributed by atoms with Crippen LogP contribution >= 0.6 is 0 Å². The lowest BCUT2D eigenvalue weighted by atomic mass is 10.2. The van der Waals surface area contributed by atoms with Gasteiger partial charge in [-0.25, -0.2) is 9.59 Å². The highest BCUT2D eigenvalue weighted by atomic mass is 16.5. The third-order valence-corrected chi connectivity index (χ3v) is 2.99. The van der Waals surface area contributed by atoms with E-state index in [1.54, 1.807) is 0 Å². The fourth-order valence-corrected chi connectivity index (χ4v) is 1.95. The number of amides is 2. The van der Waals surface area contributed by atoms with Crippen LogP contribution in [0.15, 0.2) is 0 Å². The topological polar surface area (TPSA) is 99.1 Å². The Morgan fingerprint density at radius 2 is 2.16 bits per heavy atom. The molecule has 1 aliphatic rings. The van der Waals surface area contributed by atoms with Gasteiger partial charge in [-0.05, 0) is 6.42 Å². The first-order valence-electron chi connectivity index (χ1n) is 6.59. The van der Waals surface area contributed by atoms with Crippen LogP contribution in [0.2, 0.25) is 0 Å². The van der Waals surface area contributed by atoms with Gasteiger partial charge in [0.15, 0.2) is 0 Å². The molecule has 7 heteroatoms. The van der Waals surface area contributed by atoms with Crippen molar-refractivity contribution in [3.63, 3.8) is 0 Å². The van der Waals surface area contributed by atoms with E-state index in [1.807, 2.05) is 0 Å². The molecule has 2 atom stereocenters. The monoisotopic (exact) mass is 274 g/mol. The summed E-state index contributed by atoms with van der Waals surface area (Å²) in [6.45, 7) is 3.52. The van der Waals surface area contributed by atoms with E-state index in [0.717, 1.165) is 17.7 Å². The molecule has 1 fully saturated rings. The maximum Gasteiger partial charge on any atom is 0.326 e. The van der Waals surface area contributed by atoms with Gasteiger partial charge in [-0.1, -0.05) is 13.3 Å². The third-order valence-electron chi connectivity index (χ3n) is 2.99. The van der Waals surface area contributed by atoms with E-state index in [2.05, 4.69) is 12.2 Å². The van der Waals surface area contributed by atoms with Crippen molar-refractivity contribution in [3.8, 4) is 0 Å². The van der Waals surface area contributed by atoms with E-state index in [4.69, 9.17) is 9.84 Å². The molecule has 1 aliphatic heterocycles. The number of aliphatic carboxylic acids is 1. The van der Waals surface area contributed by atoms with Crippen LogP contribution in [0.4, 0.5) is 4.79 Å². The van der Waals surface area contributed by atoms with Crippen LogP contribution in [-0.4, -0.2) is 65.6 Å². The van der Waals surface area contributed by atoms with Crippen LogP contribution < -0.4 is 5.32 Å². The van der Waals surface area contributed by atoms with Crippen LogP contribution in [0.3, 0.4) is 0 Å². The molecule has 0 spiro atoms. The van der Waals surface area contributed by atoms with Crippen molar-refractivity contribution < 1.29 is 24.5 Å². The number of aliphatic hydroxyl groups excluding tert-OH is 1. The van der Waals surface area contributed by atoms with Crippen molar-refractivity contribution in [2.24, 2.45) is 0 Å². The first kappa shape index (κ1) is 15.7. The number of ether oxygens (including phenoxy) is 1. The summed E-state index contributed by atoms with van der Waals surface area (Å²) in [5.41, 5.74) is 0. The van der Waals surface area contributed by atoms with Gasteiger partial charge in [-0.2, -0.15) is 0 Å². The van der Waals surface area contributed by atoms with Crippen molar-refractivity contribution in [1.82, 2.24) is 10.2 Å². The fraction of sp³-hybridized carbons (Fsp3) is 0.833. The van der Waals surface area contributed by atoms with Crippen LogP contribution in [0.5, 0.6) is 0 Å². The molecule has 2 amide bonds. The third kappa shape index (κ3) is 5.04. The second kappa shape index (κ2) is 7.96. The first-order valence-corrected chi connectivity index (χ1v) is 6.59. The molecular weight excluding hydrogens is 252 g/mol. The highest BCUT2D eigenvalue weighted by Crippen LogP contribution is 2.17. The van der Waals surface area contributed by atoms with Crippen molar-refractivity contribution >= 4 is 12.0 Å². The number of rotatable bonds is 7. The Bertz CT molecular complexity index is 310. The molecule has 3 N–H and O–H groups in total. The molecule has 0 radical (unpaired) electrons. The molecule has 0 saturated carbocycles. The number of hydrogen-bond acceptors (Lipinski definition) is 4. The molecule has 19 heavy (non-hydrogen) atoms. The van der Waals surface area contributed by atoms with Gasteiger partial charge in [-0.3, -0.25) is 0 Å². The summed E-state index contributed by atoms with van der Waals surface area (Å²) < 4.78 is 5.28. The predicted molar refractivity (Wildman–Crippen MR) is 67.9 cm³/mol. The molecule has 0 bridgehead atoms. The highest BCUT2D eigenvalue weighted by molar-refractivity contribution is 5.83. The van der Waals surface area contributed by atoms with Gasteiger partial charge in [0.2, 0.25) is 0 Å². The summed E-state index contributed by atoms with van der Waals surface area (Å²) in [7, 11) is 0. The van der Waals surface area contributed by atoms with Gasteiger partial charge in [0.1, 0.15) is 6.04 Å². The number of carbonyl (C=O) groups is 2. The zero-order chi connectivity index (χ0) is 14.3. The molecule has 1 heterocycles. The number of carboxylic acids is 1. The van der Waals surface area contributed by atoms with Gasteiger partial charge < -0.3 is 25.2 Å². The van der Waals surface area contributed by atoms with Crippen LogP contribution in [0.1, 0.15) is 26.2 Å². The van der Waals surface area contributed by atoms with Gasteiger partial charge in [0.05, 0.1) is 12.7 Å². The zero-order valence-corrected chi connectivity index (χ0v) is 11.2. The Kier molecular flexibility index (Phi) is 6.58. The lowest BCUT2D eigenvalue weighted by molar-refractivity contribution is -0.141. The molecule has 0 aromatic rings. The van der Waals surface area contributed by atoms with Crippen molar-refractivity contribution in [3.05, 3.63) is 0 Å². The van der Waals surface area contributed by atoms with Gasteiger partial charge in [0.25, 0.3) is 0 Å². The quantitative estimate of drug-likeness (QED) is 0.569. The molecule has 0 aromatic heterocycles. The summed E-state index contributed by atoms with van der Waals surface area (Å²) in [5.74, 6) is -1.09. The maximum atomic E-state index is 11.8. The van der Waals surface area contributed by atoms with Gasteiger partial charge in [0, 0.05) is 26.1 Å². The number of aliphatic hydroxyl groups is 1. The van der Waals surface area contributed by atoms with E-state index >= 15 is 0 Å². The Labute approximate surface area is 112 Å². The molecule has 110 valence electrons. The van der Waals surface area contributed by atoms with E-state index in [0.29, 0.717) is 19.8 Å². The largest absolute Gasteiger partial charge is 0.480 e. The Morgan fingerprint density at radius 1 is 1.42 bits per heavy atom. The van der Waals surface area contributed by atoms with Crippen molar-refractivity contribution in [1.29, 1.82) is 0 Å². The molecule has 7 nitrogen and oxygen atoms in total. The SMILES string of the molecule is CCCCOCCNC(=O)N1C[C@H](O)C[C@H]1C(=O)O. The standard InChI is InChI=1S/C12H22N2O5/c1-2-3-5-19-6-4-13-12(18)14-8-9(15)7-10(14)11(16)17/h9-10,15H,2-8H2,1H3,(H,13,18)(H,16,17)/t9-,10+/m1/s1. The smallest absolute Gasteiger partial charge is 0.326 e. The molecule has 0 aromatic carbocycles. The Hall–Kier alpha value is -1.34. The average Bonchev–Trinajstić information content (AvgIpc) is 2.76. The van der Waals surface area contributed by atoms with Crippen molar-refractivity contribution in [2.75, 3.05) is 26.3 Å². The minimum atomic E-state index is -1.09. The van der Waals surface area contributed by atoms with Crippen LogP contribution in [-0.2, 0) is 9.53 Å². The summed E-state index contributed by atoms with van der Waals surface area (Å²) in [6, 6.07) is -1.42. The lowest BCUT2D eigenvalue weighted by Crippen LogP contribution is -2.46. The molecule has 0 unspecified atom stereocenters.